The summed E-state index contributed by atoms with van der Waals surface area (Å²) in [5.41, 5.74) is 0.755. The SMILES string of the molecule is FC(F)(F)c1cc(-c2cccc3c2OCC3)nc(=S)[nH]1. The maximum atomic E-state index is 12.8. The van der Waals surface area contributed by atoms with E-state index in [-0.39, 0.29) is 10.5 Å². The smallest absolute Gasteiger partial charge is 0.431 e. The zero-order valence-corrected chi connectivity index (χ0v) is 10.9. The quantitative estimate of drug-likeness (QED) is 0.815. The van der Waals surface area contributed by atoms with Gasteiger partial charge in [-0.1, -0.05) is 12.1 Å². The average molecular weight is 298 g/mol. The van der Waals surface area contributed by atoms with Crippen LogP contribution in [0, 0.1) is 4.77 Å². The minimum absolute atomic E-state index is 0.167. The molecule has 7 heteroatoms. The molecule has 0 saturated carbocycles. The van der Waals surface area contributed by atoms with Gasteiger partial charge in [0.15, 0.2) is 4.77 Å². The van der Waals surface area contributed by atoms with Crippen molar-refractivity contribution in [1.29, 1.82) is 0 Å². The molecule has 1 aromatic heterocycles. The predicted molar refractivity (Wildman–Crippen MR) is 69.1 cm³/mol. The van der Waals surface area contributed by atoms with E-state index in [9.17, 15) is 13.2 Å². The van der Waals surface area contributed by atoms with Gasteiger partial charge < -0.3 is 9.72 Å². The molecule has 0 aliphatic carbocycles. The highest BCUT2D eigenvalue weighted by Gasteiger charge is 2.32. The predicted octanol–water partition coefficient (Wildman–Crippen LogP) is 3.76. The van der Waals surface area contributed by atoms with Gasteiger partial charge in [-0.15, -0.1) is 0 Å². The molecule has 0 bridgehead atoms. The number of benzene rings is 1. The zero-order chi connectivity index (χ0) is 14.3. The van der Waals surface area contributed by atoms with Gasteiger partial charge in [0.2, 0.25) is 0 Å². The van der Waals surface area contributed by atoms with Crippen LogP contribution in [0.25, 0.3) is 11.3 Å². The van der Waals surface area contributed by atoms with Crippen LogP contribution >= 0.6 is 12.2 Å². The second-order valence-electron chi connectivity index (χ2n) is 4.38. The normalized spacial score (nSPS) is 13.9. The second-order valence-corrected chi connectivity index (χ2v) is 4.76. The standard InChI is InChI=1S/C13H9F3N2OS/c14-13(15,16)10-6-9(17-12(20)18-10)8-3-1-2-7-4-5-19-11(7)8/h1-3,6H,4-5H2,(H,17,18,20). The Bertz CT molecular complexity index is 724. The molecule has 0 unspecified atom stereocenters. The Morgan fingerprint density at radius 1 is 1.30 bits per heavy atom. The Hall–Kier alpha value is -1.89. The van der Waals surface area contributed by atoms with Gasteiger partial charge in [0.25, 0.3) is 0 Å². The molecule has 0 atom stereocenters. The van der Waals surface area contributed by atoms with Crippen molar-refractivity contribution in [2.75, 3.05) is 6.61 Å². The summed E-state index contributed by atoms with van der Waals surface area (Å²) >= 11 is 4.78. The summed E-state index contributed by atoms with van der Waals surface area (Å²) in [4.78, 5) is 6.04. The molecule has 3 nitrogen and oxygen atoms in total. The topological polar surface area (TPSA) is 37.9 Å². The van der Waals surface area contributed by atoms with Crippen molar-refractivity contribution in [1.82, 2.24) is 9.97 Å². The van der Waals surface area contributed by atoms with Crippen LogP contribution in [0.15, 0.2) is 24.3 Å². The first-order valence-corrected chi connectivity index (χ1v) is 6.29. The summed E-state index contributed by atoms with van der Waals surface area (Å²) in [6, 6.07) is 6.30. The first kappa shape index (κ1) is 13.1. The maximum absolute atomic E-state index is 12.8. The number of nitrogens with zero attached hydrogens (tertiary/aromatic N) is 1. The number of aromatic nitrogens is 2. The van der Waals surface area contributed by atoms with Crippen LogP contribution in [-0.4, -0.2) is 16.6 Å². The van der Waals surface area contributed by atoms with Crippen LogP contribution < -0.4 is 4.74 Å². The Labute approximate surface area is 117 Å². The van der Waals surface area contributed by atoms with Gasteiger partial charge >= 0.3 is 6.18 Å². The molecule has 104 valence electrons. The van der Waals surface area contributed by atoms with Crippen molar-refractivity contribution in [2.45, 2.75) is 12.6 Å². The van der Waals surface area contributed by atoms with E-state index >= 15 is 0 Å². The Morgan fingerprint density at radius 2 is 2.10 bits per heavy atom. The largest absolute Gasteiger partial charge is 0.492 e. The van der Waals surface area contributed by atoms with Crippen molar-refractivity contribution < 1.29 is 17.9 Å². The molecular formula is C13H9F3N2OS. The first-order valence-electron chi connectivity index (χ1n) is 5.89. The molecule has 20 heavy (non-hydrogen) atoms. The lowest BCUT2D eigenvalue weighted by Crippen LogP contribution is -2.09. The molecular weight excluding hydrogens is 289 g/mol. The van der Waals surface area contributed by atoms with Gasteiger partial charge in [0.1, 0.15) is 11.4 Å². The number of ether oxygens (including phenoxy) is 1. The molecule has 0 radical (unpaired) electrons. The van der Waals surface area contributed by atoms with E-state index in [1.54, 1.807) is 12.1 Å². The lowest BCUT2D eigenvalue weighted by Gasteiger charge is -2.10. The van der Waals surface area contributed by atoms with Gasteiger partial charge in [-0.25, -0.2) is 4.98 Å². The molecule has 2 heterocycles. The van der Waals surface area contributed by atoms with E-state index < -0.39 is 11.9 Å². The van der Waals surface area contributed by atoms with Gasteiger partial charge in [0, 0.05) is 12.0 Å². The molecule has 3 rings (SSSR count). The first-order chi connectivity index (χ1) is 9.45. The summed E-state index contributed by atoms with van der Waals surface area (Å²) in [5, 5.41) is 0. The minimum atomic E-state index is -4.50. The molecule has 1 aliphatic rings. The number of para-hydroxylation sites is 1. The Morgan fingerprint density at radius 3 is 2.85 bits per heavy atom. The molecule has 1 aliphatic heterocycles. The molecule has 1 aromatic carbocycles. The van der Waals surface area contributed by atoms with E-state index in [0.717, 1.165) is 18.1 Å². The molecule has 0 fully saturated rings. The number of aromatic amines is 1. The van der Waals surface area contributed by atoms with Crippen molar-refractivity contribution in [2.24, 2.45) is 0 Å². The number of nitrogens with one attached hydrogen (secondary N) is 1. The highest BCUT2D eigenvalue weighted by molar-refractivity contribution is 7.71. The van der Waals surface area contributed by atoms with Crippen molar-refractivity contribution in [3.63, 3.8) is 0 Å². The number of hydrogen-bond acceptors (Lipinski definition) is 3. The van der Waals surface area contributed by atoms with Crippen LogP contribution in [0.1, 0.15) is 11.3 Å². The van der Waals surface area contributed by atoms with E-state index in [1.165, 1.54) is 0 Å². The van der Waals surface area contributed by atoms with Crippen molar-refractivity contribution in [3.8, 4) is 17.0 Å². The van der Waals surface area contributed by atoms with Gasteiger partial charge in [0.05, 0.1) is 12.3 Å². The fourth-order valence-corrected chi connectivity index (χ4v) is 2.37. The highest BCUT2D eigenvalue weighted by Crippen LogP contribution is 2.37. The molecule has 0 amide bonds. The average Bonchev–Trinajstić information content (AvgIpc) is 2.84. The van der Waals surface area contributed by atoms with Crippen LogP contribution in [0.3, 0.4) is 0 Å². The minimum Gasteiger partial charge on any atom is -0.492 e. The summed E-state index contributed by atoms with van der Waals surface area (Å²) in [6.07, 6.45) is -3.75. The van der Waals surface area contributed by atoms with Gasteiger partial charge in [-0.3, -0.25) is 0 Å². The summed E-state index contributed by atoms with van der Waals surface area (Å²) in [6.45, 7) is 0.526. The number of fused-ring (bicyclic) bond motifs is 1. The maximum Gasteiger partial charge on any atom is 0.431 e. The summed E-state index contributed by atoms with van der Waals surface area (Å²) in [5.74, 6) is 0.591. The van der Waals surface area contributed by atoms with E-state index in [2.05, 4.69) is 9.97 Å². The number of rotatable bonds is 1. The van der Waals surface area contributed by atoms with Crippen LogP contribution in [0.2, 0.25) is 0 Å². The van der Waals surface area contributed by atoms with Crippen molar-refractivity contribution >= 4 is 12.2 Å². The van der Waals surface area contributed by atoms with Crippen LogP contribution in [0.4, 0.5) is 13.2 Å². The number of alkyl halides is 3. The number of H-pyrrole nitrogens is 1. The zero-order valence-electron chi connectivity index (χ0n) is 10.1. The molecule has 2 aromatic rings. The second kappa shape index (κ2) is 4.59. The lowest BCUT2D eigenvalue weighted by molar-refractivity contribution is -0.141. The lowest BCUT2D eigenvalue weighted by atomic mass is 10.0. The van der Waals surface area contributed by atoms with Gasteiger partial charge in [-0.05, 0) is 29.9 Å². The number of halogens is 3. The van der Waals surface area contributed by atoms with Gasteiger partial charge in [-0.2, -0.15) is 13.2 Å². The van der Waals surface area contributed by atoms with Crippen LogP contribution in [0.5, 0.6) is 5.75 Å². The fourth-order valence-electron chi connectivity index (χ4n) is 2.17. The third kappa shape index (κ3) is 2.29. The molecule has 0 spiro atoms. The molecule has 0 saturated heterocycles. The molecule has 1 N–H and O–H groups in total. The Balaban J connectivity index is 2.19. The highest BCUT2D eigenvalue weighted by atomic mass is 32.1. The summed E-state index contributed by atoms with van der Waals surface area (Å²) in [7, 11) is 0. The van der Waals surface area contributed by atoms with E-state index in [0.29, 0.717) is 17.9 Å². The van der Waals surface area contributed by atoms with Crippen molar-refractivity contribution in [3.05, 3.63) is 40.3 Å². The van der Waals surface area contributed by atoms with Crippen LogP contribution in [-0.2, 0) is 12.6 Å². The van der Waals surface area contributed by atoms with E-state index in [1.807, 2.05) is 6.07 Å². The number of hydrogen-bond donors (Lipinski definition) is 1. The Kier molecular flexibility index (Phi) is 3.01. The fraction of sp³-hybridized carbons (Fsp3) is 0.231. The third-order valence-electron chi connectivity index (χ3n) is 3.04. The summed E-state index contributed by atoms with van der Waals surface area (Å²) < 4.78 is 43.7. The third-order valence-corrected chi connectivity index (χ3v) is 3.23. The van der Waals surface area contributed by atoms with E-state index in [4.69, 9.17) is 17.0 Å². The monoisotopic (exact) mass is 298 g/mol.